The highest BCUT2D eigenvalue weighted by Crippen LogP contribution is 2.26. The van der Waals surface area contributed by atoms with Crippen LogP contribution in [0.15, 0.2) is 29.3 Å². The summed E-state index contributed by atoms with van der Waals surface area (Å²) < 4.78 is 5.31. The number of methoxy groups -OCH3 is 1. The monoisotopic (exact) mass is 419 g/mol. The first-order valence-electron chi connectivity index (χ1n) is 7.58. The second-order valence-corrected chi connectivity index (χ2v) is 6.11. The summed E-state index contributed by atoms with van der Waals surface area (Å²) in [5, 5.41) is 6.62. The Bertz CT molecular complexity index is 473. The summed E-state index contributed by atoms with van der Waals surface area (Å²) in [5.74, 6) is 1.75. The van der Waals surface area contributed by atoms with Crippen LogP contribution in [0, 0.1) is 0 Å². The average molecular weight is 419 g/mol. The Morgan fingerprint density at radius 3 is 2.55 bits per heavy atom. The molecule has 1 aromatic rings. The van der Waals surface area contributed by atoms with Gasteiger partial charge in [-0.05, 0) is 38.5 Å². The van der Waals surface area contributed by atoms with Crippen LogP contribution in [0.3, 0.4) is 0 Å². The molecule has 4 nitrogen and oxygen atoms in total. The summed E-state index contributed by atoms with van der Waals surface area (Å²) in [5.41, 5.74) is 1.18. The predicted octanol–water partition coefficient (Wildman–Crippen LogP) is 3.55. The molecule has 0 aromatic heterocycles. The lowest BCUT2D eigenvalue weighted by Gasteiger charge is -2.24. The topological polar surface area (TPSA) is 45.7 Å². The van der Waals surface area contributed by atoms with Crippen molar-refractivity contribution in [2.45, 2.75) is 46.1 Å². The van der Waals surface area contributed by atoms with Crippen LogP contribution in [-0.2, 0) is 5.41 Å². The normalized spacial score (nSPS) is 11.9. The van der Waals surface area contributed by atoms with Gasteiger partial charge in [0.15, 0.2) is 5.96 Å². The lowest BCUT2D eigenvalue weighted by atomic mass is 9.85. The lowest BCUT2D eigenvalue weighted by molar-refractivity contribution is 0.412. The minimum atomic E-state index is -0.0477. The quantitative estimate of drug-likeness (QED) is 0.421. The lowest BCUT2D eigenvalue weighted by Crippen LogP contribution is -2.41. The van der Waals surface area contributed by atoms with E-state index >= 15 is 0 Å². The van der Waals surface area contributed by atoms with Crippen LogP contribution in [0.5, 0.6) is 5.75 Å². The summed E-state index contributed by atoms with van der Waals surface area (Å²) in [4.78, 5) is 4.71. The van der Waals surface area contributed by atoms with E-state index in [1.165, 1.54) is 5.56 Å². The molecule has 2 N–H and O–H groups in total. The van der Waals surface area contributed by atoms with E-state index in [0.717, 1.165) is 18.3 Å². The number of guanidine groups is 1. The van der Waals surface area contributed by atoms with Gasteiger partial charge in [-0.3, -0.25) is 4.99 Å². The van der Waals surface area contributed by atoms with E-state index in [9.17, 15) is 0 Å². The first-order valence-corrected chi connectivity index (χ1v) is 7.58. The fourth-order valence-electron chi connectivity index (χ4n) is 2.01. The Balaban J connectivity index is 0.00000441. The van der Waals surface area contributed by atoms with Gasteiger partial charge in [-0.25, -0.2) is 0 Å². The zero-order valence-electron chi connectivity index (χ0n) is 14.6. The number of nitrogens with zero attached hydrogens (tertiary/aromatic N) is 1. The SMILES string of the molecule is CCNC(=NCC(C)(C)c1cccc(OC)c1)NC(C)C.I. The van der Waals surface area contributed by atoms with E-state index in [-0.39, 0.29) is 29.4 Å². The molecule has 1 rings (SSSR count). The third-order valence-corrected chi connectivity index (χ3v) is 3.25. The molecular weight excluding hydrogens is 389 g/mol. The maximum absolute atomic E-state index is 5.31. The molecule has 0 heterocycles. The van der Waals surface area contributed by atoms with Crippen LogP contribution in [0.4, 0.5) is 0 Å². The van der Waals surface area contributed by atoms with E-state index in [1.54, 1.807) is 7.11 Å². The first kappa shape index (κ1) is 21.0. The molecule has 0 unspecified atom stereocenters. The van der Waals surface area contributed by atoms with Crippen molar-refractivity contribution in [3.8, 4) is 5.75 Å². The van der Waals surface area contributed by atoms with Gasteiger partial charge in [-0.15, -0.1) is 24.0 Å². The second-order valence-electron chi connectivity index (χ2n) is 6.11. The van der Waals surface area contributed by atoms with Gasteiger partial charge in [0.1, 0.15) is 5.75 Å². The van der Waals surface area contributed by atoms with Crippen molar-refractivity contribution in [1.82, 2.24) is 10.6 Å². The molecule has 0 spiro atoms. The Morgan fingerprint density at radius 1 is 1.32 bits per heavy atom. The van der Waals surface area contributed by atoms with Gasteiger partial charge in [0.05, 0.1) is 13.7 Å². The molecule has 0 amide bonds. The van der Waals surface area contributed by atoms with E-state index in [2.05, 4.69) is 57.4 Å². The van der Waals surface area contributed by atoms with Crippen molar-refractivity contribution in [2.24, 2.45) is 4.99 Å². The van der Waals surface area contributed by atoms with Crippen molar-refractivity contribution in [3.63, 3.8) is 0 Å². The van der Waals surface area contributed by atoms with Crippen LogP contribution in [-0.4, -0.2) is 32.2 Å². The van der Waals surface area contributed by atoms with Gasteiger partial charge in [-0.2, -0.15) is 0 Å². The number of hydrogen-bond acceptors (Lipinski definition) is 2. The fraction of sp³-hybridized carbons (Fsp3) is 0.588. The zero-order chi connectivity index (χ0) is 15.9. The number of ether oxygens (including phenoxy) is 1. The number of rotatable bonds is 6. The molecule has 0 fully saturated rings. The predicted molar refractivity (Wildman–Crippen MR) is 106 cm³/mol. The molecule has 0 radical (unpaired) electrons. The third-order valence-electron chi connectivity index (χ3n) is 3.25. The highest BCUT2D eigenvalue weighted by molar-refractivity contribution is 14.0. The molecule has 5 heteroatoms. The van der Waals surface area contributed by atoms with Crippen LogP contribution in [0.25, 0.3) is 0 Å². The largest absolute Gasteiger partial charge is 0.497 e. The minimum absolute atomic E-state index is 0. The zero-order valence-corrected chi connectivity index (χ0v) is 16.9. The van der Waals surface area contributed by atoms with Crippen LogP contribution >= 0.6 is 24.0 Å². The molecule has 0 saturated carbocycles. The third kappa shape index (κ3) is 6.85. The van der Waals surface area contributed by atoms with Crippen molar-refractivity contribution >= 4 is 29.9 Å². The molecule has 0 aliphatic rings. The molecular formula is C17H30IN3O. The maximum atomic E-state index is 5.31. The number of hydrogen-bond donors (Lipinski definition) is 2. The van der Waals surface area contributed by atoms with E-state index < -0.39 is 0 Å². The molecule has 126 valence electrons. The molecule has 0 aliphatic heterocycles. The second kappa shape index (κ2) is 9.92. The van der Waals surface area contributed by atoms with E-state index in [1.807, 2.05) is 12.1 Å². The number of nitrogens with one attached hydrogen (secondary N) is 2. The molecule has 0 aliphatic carbocycles. The highest BCUT2D eigenvalue weighted by atomic mass is 127. The van der Waals surface area contributed by atoms with Gasteiger partial charge < -0.3 is 15.4 Å². The molecule has 22 heavy (non-hydrogen) atoms. The van der Waals surface area contributed by atoms with Gasteiger partial charge in [-0.1, -0.05) is 26.0 Å². The molecule has 0 saturated heterocycles. The van der Waals surface area contributed by atoms with Crippen LogP contribution in [0.2, 0.25) is 0 Å². The van der Waals surface area contributed by atoms with Crippen LogP contribution in [0.1, 0.15) is 40.2 Å². The summed E-state index contributed by atoms with van der Waals surface area (Å²) >= 11 is 0. The number of benzene rings is 1. The number of aliphatic imine (C=N–C) groups is 1. The fourth-order valence-corrected chi connectivity index (χ4v) is 2.01. The van der Waals surface area contributed by atoms with E-state index in [4.69, 9.17) is 9.73 Å². The maximum Gasteiger partial charge on any atom is 0.191 e. The van der Waals surface area contributed by atoms with Gasteiger partial charge in [0.2, 0.25) is 0 Å². The van der Waals surface area contributed by atoms with Gasteiger partial charge in [0, 0.05) is 18.0 Å². The number of halogens is 1. The summed E-state index contributed by atoms with van der Waals surface area (Å²) in [6, 6.07) is 8.56. The van der Waals surface area contributed by atoms with Gasteiger partial charge in [0.25, 0.3) is 0 Å². The minimum Gasteiger partial charge on any atom is -0.497 e. The van der Waals surface area contributed by atoms with Crippen molar-refractivity contribution in [2.75, 3.05) is 20.2 Å². The Hall–Kier alpha value is -0.980. The highest BCUT2D eigenvalue weighted by Gasteiger charge is 2.21. The van der Waals surface area contributed by atoms with Crippen molar-refractivity contribution < 1.29 is 4.74 Å². The van der Waals surface area contributed by atoms with Crippen molar-refractivity contribution in [3.05, 3.63) is 29.8 Å². The Kier molecular flexibility index (Phi) is 9.48. The van der Waals surface area contributed by atoms with E-state index in [0.29, 0.717) is 12.6 Å². The Labute approximate surface area is 152 Å². The summed E-state index contributed by atoms with van der Waals surface area (Å²) in [6.07, 6.45) is 0. The van der Waals surface area contributed by atoms with Crippen LogP contribution < -0.4 is 15.4 Å². The molecule has 0 bridgehead atoms. The summed E-state index contributed by atoms with van der Waals surface area (Å²) in [6.45, 7) is 12.3. The Morgan fingerprint density at radius 2 is 2.00 bits per heavy atom. The van der Waals surface area contributed by atoms with Crippen molar-refractivity contribution in [1.29, 1.82) is 0 Å². The average Bonchev–Trinajstić information content (AvgIpc) is 2.44. The summed E-state index contributed by atoms with van der Waals surface area (Å²) in [7, 11) is 1.69. The standard InChI is InChI=1S/C17H29N3O.HI/c1-7-18-16(20-13(2)3)19-12-17(4,5)14-9-8-10-15(11-14)21-6;/h8-11,13H,7,12H2,1-6H3,(H2,18,19,20);1H. The smallest absolute Gasteiger partial charge is 0.191 e. The first-order chi connectivity index (χ1) is 9.89. The van der Waals surface area contributed by atoms with Gasteiger partial charge >= 0.3 is 0 Å². The molecule has 0 atom stereocenters. The molecule has 1 aromatic carbocycles.